The minimum atomic E-state index is 0.306. The average molecular weight is 290 g/mol. The van der Waals surface area contributed by atoms with E-state index >= 15 is 0 Å². The van der Waals surface area contributed by atoms with E-state index in [-0.39, 0.29) is 0 Å². The van der Waals surface area contributed by atoms with Gasteiger partial charge in [-0.3, -0.25) is 0 Å². The van der Waals surface area contributed by atoms with Crippen molar-refractivity contribution in [1.29, 1.82) is 0 Å². The number of hydrogen-bond acceptors (Lipinski definition) is 6. The molecule has 116 valence electrons. The molecule has 1 atom stereocenters. The van der Waals surface area contributed by atoms with Crippen molar-refractivity contribution < 1.29 is 0 Å². The Morgan fingerprint density at radius 2 is 1.76 bits per heavy atom. The zero-order valence-corrected chi connectivity index (χ0v) is 13.3. The topological polar surface area (TPSA) is 66.0 Å². The molecular formula is C15H26N6. The predicted octanol–water partition coefficient (Wildman–Crippen LogP) is 2.50. The highest BCUT2D eigenvalue weighted by molar-refractivity contribution is 5.44. The van der Waals surface area contributed by atoms with Crippen LogP contribution in [0.1, 0.15) is 46.0 Å². The maximum absolute atomic E-state index is 4.64. The number of hydrogen-bond donors (Lipinski definition) is 2. The van der Waals surface area contributed by atoms with Crippen molar-refractivity contribution in [3.8, 4) is 0 Å². The lowest BCUT2D eigenvalue weighted by Crippen LogP contribution is -2.32. The van der Waals surface area contributed by atoms with E-state index in [2.05, 4.69) is 44.3 Å². The third kappa shape index (κ3) is 3.04. The Hall–Kier alpha value is -1.59. The Kier molecular flexibility index (Phi) is 3.87. The Bertz CT molecular complexity index is 495. The Labute approximate surface area is 126 Å². The molecule has 6 nitrogen and oxygen atoms in total. The van der Waals surface area contributed by atoms with E-state index in [1.807, 2.05) is 7.05 Å². The van der Waals surface area contributed by atoms with Gasteiger partial charge in [-0.25, -0.2) is 0 Å². The van der Waals surface area contributed by atoms with Gasteiger partial charge in [-0.2, -0.15) is 15.0 Å². The first-order valence-electron chi connectivity index (χ1n) is 8.04. The van der Waals surface area contributed by atoms with E-state index in [9.17, 15) is 0 Å². The fraction of sp³-hybridized carbons (Fsp3) is 0.800. The third-order valence-corrected chi connectivity index (χ3v) is 4.80. The van der Waals surface area contributed by atoms with Crippen molar-refractivity contribution >= 4 is 17.8 Å². The summed E-state index contributed by atoms with van der Waals surface area (Å²) < 4.78 is 0. The van der Waals surface area contributed by atoms with Crippen LogP contribution in [-0.4, -0.2) is 41.1 Å². The molecule has 1 aromatic heterocycles. The van der Waals surface area contributed by atoms with Gasteiger partial charge >= 0.3 is 0 Å². The van der Waals surface area contributed by atoms with E-state index in [0.29, 0.717) is 23.4 Å². The van der Waals surface area contributed by atoms with Crippen molar-refractivity contribution in [3.05, 3.63) is 0 Å². The van der Waals surface area contributed by atoms with E-state index in [4.69, 9.17) is 0 Å². The summed E-state index contributed by atoms with van der Waals surface area (Å²) in [5, 5.41) is 6.59. The van der Waals surface area contributed by atoms with Gasteiger partial charge in [0, 0.05) is 26.2 Å². The summed E-state index contributed by atoms with van der Waals surface area (Å²) in [6.45, 7) is 6.72. The van der Waals surface area contributed by atoms with Crippen molar-refractivity contribution in [2.45, 2.75) is 52.0 Å². The van der Waals surface area contributed by atoms with E-state index in [1.54, 1.807) is 0 Å². The molecule has 0 spiro atoms. The van der Waals surface area contributed by atoms with Gasteiger partial charge in [-0.05, 0) is 31.1 Å². The molecule has 21 heavy (non-hydrogen) atoms. The highest BCUT2D eigenvalue weighted by Crippen LogP contribution is 2.38. The first-order valence-corrected chi connectivity index (χ1v) is 8.04. The SMILES string of the molecule is CNc1nc(NC2CCCC2(C)C)nc(N2CCCC2)n1. The number of anilines is 3. The zero-order valence-electron chi connectivity index (χ0n) is 13.3. The van der Waals surface area contributed by atoms with E-state index < -0.39 is 0 Å². The molecule has 6 heteroatoms. The Morgan fingerprint density at radius 1 is 1.05 bits per heavy atom. The fourth-order valence-electron chi connectivity index (χ4n) is 3.35. The standard InChI is InChI=1S/C15H26N6/c1-15(2)8-6-7-11(15)17-13-18-12(16-3)19-14(20-13)21-9-4-5-10-21/h11H,4-10H2,1-3H3,(H2,16,17,18,19,20). The molecule has 0 aromatic carbocycles. The molecule has 0 amide bonds. The summed E-state index contributed by atoms with van der Waals surface area (Å²) in [5.74, 6) is 2.14. The molecule has 3 rings (SSSR count). The minimum absolute atomic E-state index is 0.306. The second-order valence-electron chi connectivity index (χ2n) is 6.80. The predicted molar refractivity (Wildman–Crippen MR) is 85.9 cm³/mol. The van der Waals surface area contributed by atoms with Crippen molar-refractivity contribution in [2.24, 2.45) is 5.41 Å². The number of aromatic nitrogens is 3. The van der Waals surface area contributed by atoms with Crippen LogP contribution < -0.4 is 15.5 Å². The smallest absolute Gasteiger partial charge is 0.231 e. The molecular weight excluding hydrogens is 264 g/mol. The average Bonchev–Trinajstić information content (AvgIpc) is 3.09. The monoisotopic (exact) mass is 290 g/mol. The van der Waals surface area contributed by atoms with Crippen LogP contribution in [0.25, 0.3) is 0 Å². The van der Waals surface area contributed by atoms with Gasteiger partial charge < -0.3 is 15.5 Å². The normalized spacial score (nSPS) is 24.3. The van der Waals surface area contributed by atoms with Crippen LogP contribution in [0.2, 0.25) is 0 Å². The molecule has 2 heterocycles. The molecule has 2 N–H and O–H groups in total. The summed E-state index contributed by atoms with van der Waals surface area (Å²) >= 11 is 0. The van der Waals surface area contributed by atoms with E-state index in [0.717, 1.165) is 19.0 Å². The van der Waals surface area contributed by atoms with Crippen LogP contribution in [0.3, 0.4) is 0 Å². The van der Waals surface area contributed by atoms with Crippen molar-refractivity contribution in [1.82, 2.24) is 15.0 Å². The van der Waals surface area contributed by atoms with Crippen LogP contribution in [0.5, 0.6) is 0 Å². The van der Waals surface area contributed by atoms with Gasteiger partial charge in [-0.1, -0.05) is 20.3 Å². The molecule has 2 aliphatic rings. The molecule has 1 aliphatic heterocycles. The van der Waals surface area contributed by atoms with Crippen LogP contribution in [0.15, 0.2) is 0 Å². The van der Waals surface area contributed by atoms with Crippen LogP contribution in [0.4, 0.5) is 17.8 Å². The van der Waals surface area contributed by atoms with E-state index in [1.165, 1.54) is 32.1 Å². The lowest BCUT2D eigenvalue weighted by molar-refractivity contribution is 0.349. The second-order valence-corrected chi connectivity index (χ2v) is 6.80. The van der Waals surface area contributed by atoms with Gasteiger partial charge in [0.05, 0.1) is 0 Å². The quantitative estimate of drug-likeness (QED) is 0.888. The van der Waals surface area contributed by atoms with Crippen LogP contribution in [-0.2, 0) is 0 Å². The van der Waals surface area contributed by atoms with Crippen LogP contribution >= 0.6 is 0 Å². The highest BCUT2D eigenvalue weighted by atomic mass is 15.3. The molecule has 1 saturated heterocycles. The maximum Gasteiger partial charge on any atom is 0.231 e. The largest absolute Gasteiger partial charge is 0.357 e. The number of nitrogens with one attached hydrogen (secondary N) is 2. The minimum Gasteiger partial charge on any atom is -0.357 e. The lowest BCUT2D eigenvalue weighted by Gasteiger charge is -2.28. The van der Waals surface area contributed by atoms with Crippen molar-refractivity contribution in [2.75, 3.05) is 35.7 Å². The molecule has 1 unspecified atom stereocenters. The van der Waals surface area contributed by atoms with Gasteiger partial charge in [0.15, 0.2) is 0 Å². The second kappa shape index (κ2) is 5.66. The molecule has 2 fully saturated rings. The lowest BCUT2D eigenvalue weighted by atomic mass is 9.87. The summed E-state index contributed by atoms with van der Waals surface area (Å²) in [7, 11) is 1.85. The fourth-order valence-corrected chi connectivity index (χ4v) is 3.35. The Balaban J connectivity index is 1.82. The third-order valence-electron chi connectivity index (χ3n) is 4.80. The molecule has 1 aliphatic carbocycles. The summed E-state index contributed by atoms with van der Waals surface area (Å²) in [4.78, 5) is 15.9. The molecule has 1 aromatic rings. The summed E-state index contributed by atoms with van der Waals surface area (Å²) in [5.41, 5.74) is 0.306. The molecule has 0 bridgehead atoms. The highest BCUT2D eigenvalue weighted by Gasteiger charge is 2.35. The van der Waals surface area contributed by atoms with Gasteiger partial charge in [0.2, 0.25) is 17.8 Å². The number of nitrogens with zero attached hydrogens (tertiary/aromatic N) is 4. The van der Waals surface area contributed by atoms with Gasteiger partial charge in [-0.15, -0.1) is 0 Å². The Morgan fingerprint density at radius 3 is 2.38 bits per heavy atom. The number of rotatable bonds is 4. The van der Waals surface area contributed by atoms with Crippen LogP contribution in [0, 0.1) is 5.41 Å². The van der Waals surface area contributed by atoms with Gasteiger partial charge in [0.1, 0.15) is 0 Å². The first kappa shape index (κ1) is 14.4. The summed E-state index contributed by atoms with van der Waals surface area (Å²) in [6, 6.07) is 0.441. The van der Waals surface area contributed by atoms with Crippen molar-refractivity contribution in [3.63, 3.8) is 0 Å². The zero-order chi connectivity index (χ0) is 14.9. The first-order chi connectivity index (χ1) is 10.1. The summed E-state index contributed by atoms with van der Waals surface area (Å²) in [6.07, 6.45) is 6.16. The molecule has 0 radical (unpaired) electrons. The maximum atomic E-state index is 4.64. The van der Waals surface area contributed by atoms with Gasteiger partial charge in [0.25, 0.3) is 0 Å². The molecule has 1 saturated carbocycles.